The second-order valence-electron chi connectivity index (χ2n) is 8.76. The van der Waals surface area contributed by atoms with Crippen molar-refractivity contribution in [3.63, 3.8) is 0 Å². The molecule has 34 heavy (non-hydrogen) atoms. The van der Waals surface area contributed by atoms with E-state index in [2.05, 4.69) is 80.9 Å². The number of nitrogens with one attached hydrogen (secondary N) is 1. The van der Waals surface area contributed by atoms with Gasteiger partial charge in [-0.15, -0.1) is 0 Å². The van der Waals surface area contributed by atoms with E-state index in [4.69, 9.17) is 9.72 Å². The maximum atomic E-state index is 5.39. The molecule has 0 saturated heterocycles. The Hall–Kier alpha value is -4.00. The van der Waals surface area contributed by atoms with E-state index in [1.54, 1.807) is 7.11 Å². The van der Waals surface area contributed by atoms with E-state index < -0.39 is 0 Å². The molecular weight excluding hydrogens is 424 g/mol. The topological polar surface area (TPSA) is 62.2 Å². The number of ether oxygens (including phenoxy) is 1. The van der Waals surface area contributed by atoms with Crippen molar-refractivity contribution in [3.05, 3.63) is 72.2 Å². The highest BCUT2D eigenvalue weighted by atomic mass is 16.5. The summed E-state index contributed by atoms with van der Waals surface area (Å²) in [5.74, 6) is 2.43. The lowest BCUT2D eigenvalue weighted by Crippen LogP contribution is -2.23. The summed E-state index contributed by atoms with van der Waals surface area (Å²) in [5, 5.41) is 2.42. The van der Waals surface area contributed by atoms with Crippen molar-refractivity contribution >= 4 is 39.3 Å². The summed E-state index contributed by atoms with van der Waals surface area (Å²) >= 11 is 0. The van der Waals surface area contributed by atoms with Crippen LogP contribution in [-0.2, 0) is 13.5 Å². The minimum atomic E-state index is 0.707. The Bertz CT molecular complexity index is 1470. The van der Waals surface area contributed by atoms with E-state index in [1.165, 1.54) is 27.5 Å². The van der Waals surface area contributed by atoms with Crippen LogP contribution < -0.4 is 14.5 Å². The third kappa shape index (κ3) is 3.94. The number of rotatable bonds is 7. The molecule has 0 aliphatic rings. The Morgan fingerprint density at radius 2 is 1.91 bits per heavy atom. The number of H-pyrrole nitrogens is 1. The summed E-state index contributed by atoms with van der Waals surface area (Å²) < 4.78 is 7.60. The largest absolute Gasteiger partial charge is 0.497 e. The molecule has 0 atom stereocenters. The smallest absolute Gasteiger partial charge is 0.227 e. The molecule has 3 aromatic heterocycles. The third-order valence-corrected chi connectivity index (χ3v) is 6.66. The Morgan fingerprint density at radius 3 is 2.74 bits per heavy atom. The molecule has 0 spiro atoms. The van der Waals surface area contributed by atoms with Crippen LogP contribution in [0.15, 0.2) is 60.9 Å². The summed E-state index contributed by atoms with van der Waals surface area (Å²) in [5.41, 5.74) is 5.93. The number of aryl methyl sites for hydroxylation is 2. The predicted octanol–water partition coefficient (Wildman–Crippen LogP) is 5.21. The van der Waals surface area contributed by atoms with Gasteiger partial charge >= 0.3 is 0 Å². The van der Waals surface area contributed by atoms with Gasteiger partial charge in [0, 0.05) is 73.3 Å². The summed E-state index contributed by atoms with van der Waals surface area (Å²) in [7, 11) is 7.87. The fourth-order valence-electron chi connectivity index (χ4n) is 4.41. The molecule has 5 aromatic rings. The van der Waals surface area contributed by atoms with Crippen molar-refractivity contribution in [2.24, 2.45) is 7.05 Å². The van der Waals surface area contributed by atoms with Crippen molar-refractivity contribution in [3.8, 4) is 5.75 Å². The zero-order chi connectivity index (χ0) is 23.8. The maximum Gasteiger partial charge on any atom is 0.227 e. The standard InChI is InChI=1S/C27H30N6O/c1-18-14-20-15-21(6-9-25(20)32(18)3)33(4)26-10-12-28-27(30-26)31(2)13-11-19-17-29-24-8-7-22(34-5)16-23(19)24/h6-10,12,14-17,29H,11,13H2,1-5H3. The van der Waals surface area contributed by atoms with Crippen LogP contribution in [0.2, 0.25) is 0 Å². The van der Waals surface area contributed by atoms with Crippen molar-refractivity contribution in [1.29, 1.82) is 0 Å². The summed E-state index contributed by atoms with van der Waals surface area (Å²) in [4.78, 5) is 16.9. The number of nitrogens with zero attached hydrogens (tertiary/aromatic N) is 5. The SMILES string of the molecule is COc1ccc2[nH]cc(CCN(C)c3nccc(N(C)c4ccc5c(c4)cc(C)n5C)n3)c2c1. The molecule has 1 N–H and O–H groups in total. The minimum Gasteiger partial charge on any atom is -0.497 e. The van der Waals surface area contributed by atoms with Crippen molar-refractivity contribution < 1.29 is 4.74 Å². The minimum absolute atomic E-state index is 0.707. The van der Waals surface area contributed by atoms with Crippen LogP contribution in [0.5, 0.6) is 5.75 Å². The number of hydrogen-bond donors (Lipinski definition) is 1. The number of anilines is 3. The quantitative estimate of drug-likeness (QED) is 0.366. The molecule has 0 fully saturated rings. The molecule has 0 unspecified atom stereocenters. The highest BCUT2D eigenvalue weighted by molar-refractivity contribution is 5.86. The van der Waals surface area contributed by atoms with E-state index in [0.29, 0.717) is 5.95 Å². The first-order valence-electron chi connectivity index (χ1n) is 11.4. The molecule has 5 rings (SSSR count). The Kier molecular flexibility index (Phi) is 5.61. The summed E-state index contributed by atoms with van der Waals surface area (Å²) in [6.07, 6.45) is 4.77. The lowest BCUT2D eigenvalue weighted by Gasteiger charge is -2.22. The number of methoxy groups -OCH3 is 1. The number of aromatic amines is 1. The zero-order valence-corrected chi connectivity index (χ0v) is 20.3. The molecule has 0 radical (unpaired) electrons. The van der Waals surface area contributed by atoms with Gasteiger partial charge in [-0.2, -0.15) is 4.98 Å². The highest BCUT2D eigenvalue weighted by Crippen LogP contribution is 2.28. The molecule has 0 bridgehead atoms. The fraction of sp³-hybridized carbons (Fsp3) is 0.259. The number of benzene rings is 2. The Labute approximate surface area is 199 Å². The number of aromatic nitrogens is 4. The van der Waals surface area contributed by atoms with Gasteiger partial charge in [0.15, 0.2) is 0 Å². The monoisotopic (exact) mass is 454 g/mol. The van der Waals surface area contributed by atoms with Crippen LogP contribution >= 0.6 is 0 Å². The van der Waals surface area contributed by atoms with Crippen LogP contribution in [0.3, 0.4) is 0 Å². The number of hydrogen-bond acceptors (Lipinski definition) is 5. The van der Waals surface area contributed by atoms with E-state index >= 15 is 0 Å². The molecular formula is C27H30N6O. The molecule has 0 aliphatic carbocycles. The number of fused-ring (bicyclic) bond motifs is 2. The molecule has 0 aliphatic heterocycles. The predicted molar refractivity (Wildman–Crippen MR) is 140 cm³/mol. The lowest BCUT2D eigenvalue weighted by atomic mass is 10.1. The fourth-order valence-corrected chi connectivity index (χ4v) is 4.41. The maximum absolute atomic E-state index is 5.39. The Balaban J connectivity index is 1.33. The second-order valence-corrected chi connectivity index (χ2v) is 8.76. The van der Waals surface area contributed by atoms with Crippen LogP contribution in [0.25, 0.3) is 21.8 Å². The molecule has 2 aromatic carbocycles. The van der Waals surface area contributed by atoms with Crippen molar-refractivity contribution in [1.82, 2.24) is 19.5 Å². The second kappa shape index (κ2) is 8.74. The first kappa shape index (κ1) is 21.8. The molecule has 7 heteroatoms. The average molecular weight is 455 g/mol. The number of likely N-dealkylation sites (N-methyl/N-ethyl adjacent to an activating group) is 1. The Morgan fingerprint density at radius 1 is 1.06 bits per heavy atom. The zero-order valence-electron chi connectivity index (χ0n) is 20.3. The van der Waals surface area contributed by atoms with E-state index in [9.17, 15) is 0 Å². The molecule has 3 heterocycles. The first-order valence-corrected chi connectivity index (χ1v) is 11.4. The van der Waals surface area contributed by atoms with Gasteiger partial charge < -0.3 is 24.1 Å². The van der Waals surface area contributed by atoms with Crippen molar-refractivity contribution in [2.45, 2.75) is 13.3 Å². The van der Waals surface area contributed by atoms with Gasteiger partial charge in [0.1, 0.15) is 11.6 Å². The van der Waals surface area contributed by atoms with Crippen LogP contribution in [0.4, 0.5) is 17.5 Å². The normalized spacial score (nSPS) is 11.3. The van der Waals surface area contributed by atoms with Crippen LogP contribution in [-0.4, -0.2) is 47.3 Å². The van der Waals surface area contributed by atoms with Gasteiger partial charge in [-0.05, 0) is 67.4 Å². The average Bonchev–Trinajstić information content (AvgIpc) is 3.40. The van der Waals surface area contributed by atoms with Gasteiger partial charge in [-0.25, -0.2) is 4.98 Å². The van der Waals surface area contributed by atoms with E-state index in [1.807, 2.05) is 32.4 Å². The third-order valence-electron chi connectivity index (χ3n) is 6.66. The van der Waals surface area contributed by atoms with Gasteiger partial charge in [0.2, 0.25) is 5.95 Å². The van der Waals surface area contributed by atoms with E-state index in [-0.39, 0.29) is 0 Å². The molecule has 0 saturated carbocycles. The van der Waals surface area contributed by atoms with Crippen LogP contribution in [0.1, 0.15) is 11.3 Å². The van der Waals surface area contributed by atoms with Gasteiger partial charge in [-0.1, -0.05) is 0 Å². The van der Waals surface area contributed by atoms with Gasteiger partial charge in [-0.3, -0.25) is 0 Å². The lowest BCUT2D eigenvalue weighted by molar-refractivity contribution is 0.415. The highest BCUT2D eigenvalue weighted by Gasteiger charge is 2.13. The molecule has 0 amide bonds. The first-order chi connectivity index (χ1) is 16.4. The summed E-state index contributed by atoms with van der Waals surface area (Å²) in [6.45, 7) is 2.93. The summed E-state index contributed by atoms with van der Waals surface area (Å²) in [6, 6.07) is 16.8. The molecule has 174 valence electrons. The van der Waals surface area contributed by atoms with Gasteiger partial charge in [0.05, 0.1) is 7.11 Å². The van der Waals surface area contributed by atoms with Crippen LogP contribution in [0, 0.1) is 6.92 Å². The van der Waals surface area contributed by atoms with E-state index in [0.717, 1.165) is 35.7 Å². The van der Waals surface area contributed by atoms with Gasteiger partial charge in [0.25, 0.3) is 0 Å². The molecule has 7 nitrogen and oxygen atoms in total. The van der Waals surface area contributed by atoms with Crippen molar-refractivity contribution in [2.75, 3.05) is 37.5 Å².